The summed E-state index contributed by atoms with van der Waals surface area (Å²) in [5.74, 6) is 5.26. The Balaban J connectivity index is 2.87. The van der Waals surface area contributed by atoms with Crippen LogP contribution >= 0.6 is 0 Å². The van der Waals surface area contributed by atoms with Gasteiger partial charge in [-0.05, 0) is 26.3 Å². The summed E-state index contributed by atoms with van der Waals surface area (Å²) >= 11 is 0. The van der Waals surface area contributed by atoms with E-state index in [4.69, 9.17) is 5.84 Å². The van der Waals surface area contributed by atoms with Gasteiger partial charge in [-0.15, -0.1) is 0 Å². The van der Waals surface area contributed by atoms with Gasteiger partial charge in [-0.1, -0.05) is 0 Å². The molecule has 0 saturated carbocycles. The normalized spacial score (nSPS) is 13.8. The van der Waals surface area contributed by atoms with Crippen molar-refractivity contribution in [2.24, 2.45) is 5.84 Å². The number of nitro benzene ring substituents is 1. The van der Waals surface area contributed by atoms with Crippen molar-refractivity contribution in [3.8, 4) is 0 Å². The van der Waals surface area contributed by atoms with E-state index in [2.05, 4.69) is 10.7 Å². The van der Waals surface area contributed by atoms with Crippen molar-refractivity contribution in [1.29, 1.82) is 0 Å². The Labute approximate surface area is 105 Å². The van der Waals surface area contributed by atoms with Gasteiger partial charge in [0.05, 0.1) is 16.7 Å². The number of benzene rings is 1. The highest BCUT2D eigenvalue weighted by Crippen LogP contribution is 2.24. The lowest BCUT2D eigenvalue weighted by atomic mass is 10.1. The SMILES string of the molecule is CC(O)CC(C)Nc1cc(NN)cc([N+](=O)[O-])c1. The van der Waals surface area contributed by atoms with Crippen LogP contribution in [-0.4, -0.2) is 22.2 Å². The van der Waals surface area contributed by atoms with E-state index in [-0.39, 0.29) is 11.7 Å². The maximum Gasteiger partial charge on any atom is 0.273 e. The Morgan fingerprint density at radius 1 is 1.39 bits per heavy atom. The monoisotopic (exact) mass is 254 g/mol. The minimum atomic E-state index is -0.481. The lowest BCUT2D eigenvalue weighted by Gasteiger charge is -2.17. The Bertz CT molecular complexity index is 423. The zero-order chi connectivity index (χ0) is 13.7. The number of anilines is 2. The molecule has 0 fully saturated rings. The smallest absolute Gasteiger partial charge is 0.273 e. The van der Waals surface area contributed by atoms with E-state index < -0.39 is 11.0 Å². The number of nitrogens with one attached hydrogen (secondary N) is 2. The molecule has 0 aliphatic heterocycles. The minimum absolute atomic E-state index is 0.00220. The van der Waals surface area contributed by atoms with Crippen molar-refractivity contribution >= 4 is 17.1 Å². The largest absolute Gasteiger partial charge is 0.393 e. The van der Waals surface area contributed by atoms with Crippen LogP contribution in [0.4, 0.5) is 17.1 Å². The fourth-order valence-electron chi connectivity index (χ4n) is 1.74. The van der Waals surface area contributed by atoms with Crippen LogP contribution in [0.15, 0.2) is 18.2 Å². The van der Waals surface area contributed by atoms with Crippen molar-refractivity contribution in [3.63, 3.8) is 0 Å². The standard InChI is InChI=1S/C11H18N4O3/c1-7(3-8(2)16)13-9-4-10(14-12)6-11(5-9)15(17)18/h4-8,13-14,16H,3,12H2,1-2H3. The van der Waals surface area contributed by atoms with Gasteiger partial charge in [0.15, 0.2) is 0 Å². The topological polar surface area (TPSA) is 113 Å². The first-order valence-electron chi connectivity index (χ1n) is 5.63. The molecule has 0 radical (unpaired) electrons. The van der Waals surface area contributed by atoms with Crippen molar-refractivity contribution < 1.29 is 10.0 Å². The third-order valence-corrected chi connectivity index (χ3v) is 2.40. The van der Waals surface area contributed by atoms with Gasteiger partial charge in [-0.3, -0.25) is 16.0 Å². The van der Waals surface area contributed by atoms with Gasteiger partial charge < -0.3 is 15.8 Å². The molecular weight excluding hydrogens is 236 g/mol. The second-order valence-electron chi connectivity index (χ2n) is 4.30. The molecule has 5 N–H and O–H groups in total. The summed E-state index contributed by atoms with van der Waals surface area (Å²) in [5, 5.41) is 23.1. The van der Waals surface area contributed by atoms with Crippen LogP contribution in [0.5, 0.6) is 0 Å². The molecule has 0 aliphatic carbocycles. The number of nitrogens with two attached hydrogens (primary N) is 1. The predicted molar refractivity (Wildman–Crippen MR) is 70.3 cm³/mol. The molecule has 0 aliphatic rings. The molecule has 0 amide bonds. The molecule has 1 aromatic rings. The van der Waals surface area contributed by atoms with Crippen LogP contribution in [0.2, 0.25) is 0 Å². The van der Waals surface area contributed by atoms with Crippen LogP contribution in [0, 0.1) is 10.1 Å². The summed E-state index contributed by atoms with van der Waals surface area (Å²) in [5.41, 5.74) is 3.38. The highest BCUT2D eigenvalue weighted by atomic mass is 16.6. The zero-order valence-corrected chi connectivity index (χ0v) is 10.4. The highest BCUT2D eigenvalue weighted by Gasteiger charge is 2.12. The Morgan fingerprint density at radius 2 is 2.00 bits per heavy atom. The summed E-state index contributed by atoms with van der Waals surface area (Å²) < 4.78 is 0. The molecule has 100 valence electrons. The number of hydrogen-bond acceptors (Lipinski definition) is 6. The highest BCUT2D eigenvalue weighted by molar-refractivity contribution is 5.63. The molecule has 18 heavy (non-hydrogen) atoms. The van der Waals surface area contributed by atoms with Gasteiger partial charge in [0.25, 0.3) is 5.69 Å². The van der Waals surface area contributed by atoms with E-state index in [1.54, 1.807) is 13.0 Å². The van der Waals surface area contributed by atoms with Gasteiger partial charge in [-0.2, -0.15) is 0 Å². The summed E-state index contributed by atoms with van der Waals surface area (Å²) in [7, 11) is 0. The molecule has 1 aromatic carbocycles. The van der Waals surface area contributed by atoms with Crippen molar-refractivity contribution in [2.45, 2.75) is 32.4 Å². The molecule has 0 spiro atoms. The fraction of sp³-hybridized carbons (Fsp3) is 0.455. The lowest BCUT2D eigenvalue weighted by molar-refractivity contribution is -0.384. The molecule has 0 saturated heterocycles. The maximum absolute atomic E-state index is 10.8. The van der Waals surface area contributed by atoms with E-state index >= 15 is 0 Å². The number of nitrogen functional groups attached to an aromatic ring is 1. The van der Waals surface area contributed by atoms with Crippen molar-refractivity contribution in [3.05, 3.63) is 28.3 Å². The summed E-state index contributed by atoms with van der Waals surface area (Å²) in [4.78, 5) is 10.3. The molecule has 7 heteroatoms. The molecular formula is C11H18N4O3. The average molecular weight is 254 g/mol. The molecule has 0 aromatic heterocycles. The number of hydrogen-bond donors (Lipinski definition) is 4. The first kappa shape index (κ1) is 14.2. The number of nitrogens with zero attached hydrogens (tertiary/aromatic N) is 1. The van der Waals surface area contributed by atoms with E-state index in [9.17, 15) is 15.2 Å². The Morgan fingerprint density at radius 3 is 2.50 bits per heavy atom. The number of rotatable bonds is 6. The zero-order valence-electron chi connectivity index (χ0n) is 10.4. The van der Waals surface area contributed by atoms with Crippen molar-refractivity contribution in [1.82, 2.24) is 0 Å². The summed E-state index contributed by atoms with van der Waals surface area (Å²) in [6.07, 6.45) is 0.118. The third kappa shape index (κ3) is 4.19. The van der Waals surface area contributed by atoms with Crippen LogP contribution in [0.1, 0.15) is 20.3 Å². The second kappa shape index (κ2) is 6.18. The Kier molecular flexibility index (Phi) is 4.87. The van der Waals surface area contributed by atoms with Crippen LogP contribution in [-0.2, 0) is 0 Å². The van der Waals surface area contributed by atoms with E-state index in [1.807, 2.05) is 6.92 Å². The van der Waals surface area contributed by atoms with Crippen molar-refractivity contribution in [2.75, 3.05) is 10.7 Å². The molecule has 0 heterocycles. The van der Waals surface area contributed by atoms with Crippen LogP contribution < -0.4 is 16.6 Å². The summed E-state index contributed by atoms with van der Waals surface area (Å²) in [6.45, 7) is 3.58. The van der Waals surface area contributed by atoms with Gasteiger partial charge in [-0.25, -0.2) is 0 Å². The van der Waals surface area contributed by atoms with E-state index in [1.165, 1.54) is 12.1 Å². The Hall–Kier alpha value is -1.86. The molecule has 7 nitrogen and oxygen atoms in total. The number of aliphatic hydroxyl groups is 1. The van der Waals surface area contributed by atoms with Crippen LogP contribution in [0.25, 0.3) is 0 Å². The maximum atomic E-state index is 10.8. The molecule has 2 atom stereocenters. The minimum Gasteiger partial charge on any atom is -0.393 e. The molecule has 0 bridgehead atoms. The van der Waals surface area contributed by atoms with Gasteiger partial charge in [0, 0.05) is 23.9 Å². The predicted octanol–water partition coefficient (Wildman–Crippen LogP) is 1.45. The third-order valence-electron chi connectivity index (χ3n) is 2.40. The number of hydrazine groups is 1. The summed E-state index contributed by atoms with van der Waals surface area (Å²) in [6, 6.07) is 4.45. The van der Waals surface area contributed by atoms with Crippen LogP contribution in [0.3, 0.4) is 0 Å². The van der Waals surface area contributed by atoms with Gasteiger partial charge in [0.1, 0.15) is 0 Å². The van der Waals surface area contributed by atoms with Gasteiger partial charge in [0.2, 0.25) is 0 Å². The number of nitro groups is 1. The van der Waals surface area contributed by atoms with E-state index in [0.29, 0.717) is 17.8 Å². The first-order chi connectivity index (χ1) is 8.42. The molecule has 1 rings (SSSR count). The number of non-ortho nitro benzene ring substituents is 1. The fourth-order valence-corrected chi connectivity index (χ4v) is 1.74. The van der Waals surface area contributed by atoms with E-state index in [0.717, 1.165) is 0 Å². The van der Waals surface area contributed by atoms with Gasteiger partial charge >= 0.3 is 0 Å². The first-order valence-corrected chi connectivity index (χ1v) is 5.63. The average Bonchev–Trinajstić information content (AvgIpc) is 2.27. The quantitative estimate of drug-likeness (QED) is 0.347. The lowest BCUT2D eigenvalue weighted by Crippen LogP contribution is -2.20. The number of aliphatic hydroxyl groups excluding tert-OH is 1. The molecule has 2 unspecified atom stereocenters. The second-order valence-corrected chi connectivity index (χ2v) is 4.30.